The number of carbonyl (C=O) groups excluding carboxylic acids is 1. The minimum Gasteiger partial charge on any atom is -0.497 e. The summed E-state index contributed by atoms with van der Waals surface area (Å²) in [4.78, 5) is 13.3. The van der Waals surface area contributed by atoms with Gasteiger partial charge in [0.15, 0.2) is 0 Å². The molecule has 230 valence electrons. The third-order valence-electron chi connectivity index (χ3n) is 8.18. The van der Waals surface area contributed by atoms with Gasteiger partial charge in [0.2, 0.25) is 0 Å². The van der Waals surface area contributed by atoms with E-state index >= 15 is 0 Å². The summed E-state index contributed by atoms with van der Waals surface area (Å²) in [6.45, 7) is 0.655. The molecule has 2 saturated carbocycles. The minimum atomic E-state index is -1.49. The molecule has 0 radical (unpaired) electrons. The van der Waals surface area contributed by atoms with Crippen molar-refractivity contribution in [3.8, 4) is 17.2 Å². The van der Waals surface area contributed by atoms with Crippen molar-refractivity contribution in [1.29, 1.82) is 0 Å². The lowest BCUT2D eigenvalue weighted by Gasteiger charge is -2.34. The van der Waals surface area contributed by atoms with Gasteiger partial charge >= 0.3 is 5.97 Å². The molecule has 0 saturated heterocycles. The molecule has 0 spiro atoms. The number of rotatable bonds is 15. The smallest absolute Gasteiger partial charge is 0.309 e. The van der Waals surface area contributed by atoms with Gasteiger partial charge in [-0.1, -0.05) is 42.8 Å². The summed E-state index contributed by atoms with van der Waals surface area (Å²) in [5.74, 6) is -0.119. The largest absolute Gasteiger partial charge is 0.497 e. The van der Waals surface area contributed by atoms with Crippen molar-refractivity contribution in [2.45, 2.75) is 70.4 Å². The molecule has 2 aliphatic rings. The van der Waals surface area contributed by atoms with Crippen molar-refractivity contribution >= 4 is 5.97 Å². The fourth-order valence-electron chi connectivity index (χ4n) is 5.44. The van der Waals surface area contributed by atoms with Crippen LogP contribution in [0.4, 0.5) is 0 Å². The summed E-state index contributed by atoms with van der Waals surface area (Å²) in [6.07, 6.45) is 5.76. The summed E-state index contributed by atoms with van der Waals surface area (Å²) < 4.78 is 41.6. The number of carbonyl (C=O) groups is 1. The Kier molecular flexibility index (Phi) is 10.6. The predicted molar refractivity (Wildman–Crippen MR) is 161 cm³/mol. The first-order chi connectivity index (χ1) is 21.0. The maximum absolute atomic E-state index is 13.3. The lowest BCUT2D eigenvalue weighted by Crippen LogP contribution is -2.42. The van der Waals surface area contributed by atoms with Gasteiger partial charge in [-0.05, 0) is 85.2 Å². The number of hydrogen-bond donors (Lipinski definition) is 0. The molecule has 0 amide bonds. The Labute approximate surface area is 254 Å². The molecule has 2 aliphatic carbocycles. The standard InChI is InChI=1S/C35H42O8/c1-37-28-15-9-25(10-16-28)22-40-35(41-23-26-11-17-29(38-2)18-12-26,42-24-27-13-19-30(39-3)20-14-27)33-21-32(33)34(36)43-31-7-5-4-6-8-31/h9-20,31-33H,4-8,21-24H2,1-3H3. The summed E-state index contributed by atoms with van der Waals surface area (Å²) >= 11 is 0. The zero-order valence-corrected chi connectivity index (χ0v) is 25.3. The first kappa shape index (κ1) is 30.9. The third kappa shape index (κ3) is 8.28. The molecule has 8 nitrogen and oxygen atoms in total. The highest BCUT2D eigenvalue weighted by Gasteiger charge is 2.60. The molecule has 0 aliphatic heterocycles. The molecule has 0 aromatic heterocycles. The van der Waals surface area contributed by atoms with Crippen LogP contribution in [0.5, 0.6) is 17.2 Å². The van der Waals surface area contributed by atoms with Crippen molar-refractivity contribution < 1.29 is 38.0 Å². The van der Waals surface area contributed by atoms with Gasteiger partial charge in [0.25, 0.3) is 5.97 Å². The van der Waals surface area contributed by atoms with E-state index in [1.807, 2.05) is 72.8 Å². The molecule has 43 heavy (non-hydrogen) atoms. The van der Waals surface area contributed by atoms with E-state index in [1.165, 1.54) is 6.42 Å². The molecule has 2 fully saturated rings. The molecule has 3 aromatic carbocycles. The zero-order chi connectivity index (χ0) is 30.1. The highest BCUT2D eigenvalue weighted by Crippen LogP contribution is 2.51. The average Bonchev–Trinajstić information content (AvgIpc) is 3.88. The molecule has 0 bridgehead atoms. The van der Waals surface area contributed by atoms with Crippen LogP contribution in [0.3, 0.4) is 0 Å². The van der Waals surface area contributed by atoms with Gasteiger partial charge in [0, 0.05) is 0 Å². The van der Waals surface area contributed by atoms with Gasteiger partial charge < -0.3 is 33.2 Å². The Bertz CT molecular complexity index is 1160. The van der Waals surface area contributed by atoms with Crippen LogP contribution in [0.25, 0.3) is 0 Å². The summed E-state index contributed by atoms with van der Waals surface area (Å²) in [7, 11) is 4.91. The van der Waals surface area contributed by atoms with Crippen LogP contribution in [0.15, 0.2) is 72.8 Å². The van der Waals surface area contributed by atoms with Gasteiger partial charge in [0.1, 0.15) is 23.4 Å². The predicted octanol–water partition coefficient (Wildman–Crippen LogP) is 6.83. The maximum Gasteiger partial charge on any atom is 0.309 e. The van der Waals surface area contributed by atoms with Crippen LogP contribution < -0.4 is 14.2 Å². The lowest BCUT2D eigenvalue weighted by molar-refractivity contribution is -0.406. The summed E-state index contributed by atoms with van der Waals surface area (Å²) in [5.41, 5.74) is 2.77. The monoisotopic (exact) mass is 590 g/mol. The van der Waals surface area contributed by atoms with Crippen molar-refractivity contribution in [1.82, 2.24) is 0 Å². The van der Waals surface area contributed by atoms with Crippen LogP contribution >= 0.6 is 0 Å². The van der Waals surface area contributed by atoms with E-state index in [1.54, 1.807) is 21.3 Å². The first-order valence-corrected chi connectivity index (χ1v) is 15.0. The van der Waals surface area contributed by atoms with Crippen LogP contribution in [-0.2, 0) is 43.6 Å². The minimum absolute atomic E-state index is 0.0162. The normalized spacial score (nSPS) is 18.6. The number of esters is 1. The molecular weight excluding hydrogens is 548 g/mol. The molecule has 0 N–H and O–H groups in total. The molecule has 8 heteroatoms. The van der Waals surface area contributed by atoms with E-state index in [0.29, 0.717) is 6.42 Å². The van der Waals surface area contributed by atoms with E-state index in [2.05, 4.69) is 0 Å². The second-order valence-electron chi connectivity index (χ2n) is 11.2. The van der Waals surface area contributed by atoms with Gasteiger partial charge in [0.05, 0.1) is 53.0 Å². The van der Waals surface area contributed by atoms with E-state index < -0.39 is 5.97 Å². The lowest BCUT2D eigenvalue weighted by atomic mass is 9.98. The highest BCUT2D eigenvalue weighted by atomic mass is 16.9. The van der Waals surface area contributed by atoms with E-state index in [-0.39, 0.29) is 43.7 Å². The van der Waals surface area contributed by atoms with Crippen molar-refractivity contribution in [2.75, 3.05) is 21.3 Å². The number of benzene rings is 3. The third-order valence-corrected chi connectivity index (χ3v) is 8.18. The Hall–Kier alpha value is -3.59. The number of methoxy groups -OCH3 is 3. The van der Waals surface area contributed by atoms with Crippen molar-refractivity contribution in [2.24, 2.45) is 11.8 Å². The number of hydrogen-bond acceptors (Lipinski definition) is 8. The van der Waals surface area contributed by atoms with Crippen LogP contribution in [0.1, 0.15) is 55.2 Å². The number of ether oxygens (including phenoxy) is 7. The van der Waals surface area contributed by atoms with E-state index in [4.69, 9.17) is 33.2 Å². The van der Waals surface area contributed by atoms with E-state index in [0.717, 1.165) is 59.6 Å². The molecule has 5 rings (SSSR count). The van der Waals surface area contributed by atoms with Gasteiger partial charge in [-0.2, -0.15) is 0 Å². The second kappa shape index (κ2) is 14.7. The highest BCUT2D eigenvalue weighted by molar-refractivity contribution is 5.76. The Morgan fingerprint density at radius 2 is 1.02 bits per heavy atom. The first-order valence-electron chi connectivity index (χ1n) is 15.0. The second-order valence-corrected chi connectivity index (χ2v) is 11.2. The van der Waals surface area contributed by atoms with Crippen LogP contribution in [0.2, 0.25) is 0 Å². The van der Waals surface area contributed by atoms with E-state index in [9.17, 15) is 4.79 Å². The van der Waals surface area contributed by atoms with Gasteiger partial charge in [-0.15, -0.1) is 0 Å². The van der Waals surface area contributed by atoms with Crippen LogP contribution in [0, 0.1) is 11.8 Å². The quantitative estimate of drug-likeness (QED) is 0.141. The fraction of sp³-hybridized carbons (Fsp3) is 0.457. The molecule has 2 unspecified atom stereocenters. The molecule has 2 atom stereocenters. The summed E-state index contributed by atoms with van der Waals surface area (Å²) in [6, 6.07) is 23.0. The summed E-state index contributed by atoms with van der Waals surface area (Å²) in [5, 5.41) is 0. The Morgan fingerprint density at radius 1 is 0.628 bits per heavy atom. The Balaban J connectivity index is 1.38. The molecular formula is C35H42O8. The average molecular weight is 591 g/mol. The van der Waals surface area contributed by atoms with Crippen molar-refractivity contribution in [3.63, 3.8) is 0 Å². The van der Waals surface area contributed by atoms with Gasteiger partial charge in [-0.25, -0.2) is 0 Å². The van der Waals surface area contributed by atoms with Crippen LogP contribution in [-0.4, -0.2) is 39.4 Å². The fourth-order valence-corrected chi connectivity index (χ4v) is 5.44. The van der Waals surface area contributed by atoms with Gasteiger partial charge in [-0.3, -0.25) is 4.79 Å². The molecule has 3 aromatic rings. The topological polar surface area (TPSA) is 81.7 Å². The maximum atomic E-state index is 13.3. The zero-order valence-electron chi connectivity index (χ0n) is 25.3. The molecule has 0 heterocycles. The SMILES string of the molecule is COc1ccc(COC(OCc2ccc(OC)cc2)(OCc2ccc(OC)cc2)C2CC2C(=O)OC2CCCCC2)cc1. The Morgan fingerprint density at radius 3 is 1.40 bits per heavy atom. The van der Waals surface area contributed by atoms with Crippen molar-refractivity contribution in [3.05, 3.63) is 89.5 Å².